The molecule has 2 N–H and O–H groups in total. The van der Waals surface area contributed by atoms with Gasteiger partial charge in [0.25, 0.3) is 5.56 Å². The number of anilines is 1. The van der Waals surface area contributed by atoms with Crippen LogP contribution in [0.1, 0.15) is 81.4 Å². The van der Waals surface area contributed by atoms with Crippen molar-refractivity contribution in [3.05, 3.63) is 16.7 Å². The third-order valence-electron chi connectivity index (χ3n) is 10.8. The molecule has 1 aliphatic heterocycles. The van der Waals surface area contributed by atoms with Crippen LogP contribution in [0.3, 0.4) is 0 Å². The molecular weight excluding hydrogens is 607 g/mol. The first-order chi connectivity index (χ1) is 19.8. The van der Waals surface area contributed by atoms with Crippen molar-refractivity contribution in [1.82, 2.24) is 19.5 Å². The van der Waals surface area contributed by atoms with E-state index in [1.165, 1.54) is 0 Å². The van der Waals surface area contributed by atoms with Crippen LogP contribution < -0.4 is 10.9 Å². The number of H-pyrrole nitrogens is 1. The number of ether oxygens (including phenoxy) is 1. The molecule has 0 radical (unpaired) electrons. The fraction of sp³-hybridized carbons (Fsp3) is 0.839. The topological polar surface area (TPSA) is 113 Å². The van der Waals surface area contributed by atoms with Crippen LogP contribution in [0.15, 0.2) is 11.1 Å². The highest BCUT2D eigenvalue weighted by Crippen LogP contribution is 2.47. The summed E-state index contributed by atoms with van der Waals surface area (Å²) in [6.07, 6.45) is 2.01. The molecule has 2 fully saturated rings. The third kappa shape index (κ3) is 7.28. The molecule has 3 heterocycles. The van der Waals surface area contributed by atoms with Crippen LogP contribution in [0.2, 0.25) is 54.4 Å². The molecule has 0 spiro atoms. The summed E-state index contributed by atoms with van der Waals surface area (Å²) in [5.41, 5.74) is 0.482. The lowest BCUT2D eigenvalue weighted by molar-refractivity contribution is -0.0470. The van der Waals surface area contributed by atoms with E-state index in [2.05, 4.69) is 117 Å². The Labute approximate surface area is 267 Å². The van der Waals surface area contributed by atoms with Crippen molar-refractivity contribution in [1.29, 1.82) is 0 Å². The monoisotopic (exact) mass is 665 g/mol. The van der Waals surface area contributed by atoms with Gasteiger partial charge in [-0.15, -0.1) is 0 Å². The maximum atomic E-state index is 13.1. The summed E-state index contributed by atoms with van der Waals surface area (Å²) < 4.78 is 30.2. The number of nitrogens with one attached hydrogen (secondary N) is 2. The molecular formula is C31H59N5O5Si3. The van der Waals surface area contributed by atoms with Gasteiger partial charge in [0.05, 0.1) is 12.9 Å². The molecule has 250 valence electrons. The van der Waals surface area contributed by atoms with Crippen LogP contribution in [-0.2, 0) is 18.0 Å². The van der Waals surface area contributed by atoms with Gasteiger partial charge in [0.1, 0.15) is 18.3 Å². The van der Waals surface area contributed by atoms with E-state index in [9.17, 15) is 4.79 Å². The van der Waals surface area contributed by atoms with Gasteiger partial charge in [0.15, 0.2) is 42.3 Å². The van der Waals surface area contributed by atoms with Gasteiger partial charge in [0.2, 0.25) is 5.95 Å². The van der Waals surface area contributed by atoms with E-state index in [0.29, 0.717) is 24.2 Å². The smallest absolute Gasteiger partial charge is 0.280 e. The average Bonchev–Trinajstić information content (AvgIpc) is 3.46. The number of hydrogen-bond donors (Lipinski definition) is 2. The lowest BCUT2D eigenvalue weighted by Crippen LogP contribution is -2.54. The molecule has 4 atom stereocenters. The van der Waals surface area contributed by atoms with E-state index >= 15 is 0 Å². The molecule has 0 amide bonds. The van der Waals surface area contributed by atoms with Crippen molar-refractivity contribution in [2.45, 2.75) is 160 Å². The first kappa shape index (κ1) is 35.5. The average molecular weight is 666 g/mol. The first-order valence-corrected chi connectivity index (χ1v) is 25.0. The molecule has 0 aromatic carbocycles. The standard InChI is InChI=1S/C31H59N5O5Si3/c1-29(2,3)42(10,11)38-18-21-23(40-43(12,13)30(4,5)6)24(41-44(14,15)31(7,8)9)27(39-21)36-19-32-22-25(36)34-28(35-26(22)37)33-20-16-17-20/h19-21,23-24,27H,16-18H2,1-15H3,(H2,33,34,35,37)/t21-,23-,24-,27-/m1/s1. The normalized spacial score (nSPS) is 24.3. The summed E-state index contributed by atoms with van der Waals surface area (Å²) in [5.74, 6) is 0.457. The first-order valence-electron chi connectivity index (χ1n) is 16.2. The highest BCUT2D eigenvalue weighted by Gasteiger charge is 2.55. The number of fused-ring (bicyclic) bond motifs is 1. The second-order valence-corrected chi connectivity index (χ2v) is 31.8. The Morgan fingerprint density at radius 1 is 0.886 bits per heavy atom. The van der Waals surface area contributed by atoms with Gasteiger partial charge in [-0.25, -0.2) is 4.98 Å². The Morgan fingerprint density at radius 3 is 1.91 bits per heavy atom. The summed E-state index contributed by atoms with van der Waals surface area (Å²) >= 11 is 0. The summed E-state index contributed by atoms with van der Waals surface area (Å²) in [6, 6.07) is 0.337. The molecule has 2 aromatic rings. The zero-order valence-corrected chi connectivity index (χ0v) is 33.0. The lowest BCUT2D eigenvalue weighted by Gasteiger charge is -2.44. The minimum absolute atomic E-state index is 0.0165. The quantitative estimate of drug-likeness (QED) is 0.253. The Morgan fingerprint density at radius 2 is 1.41 bits per heavy atom. The number of rotatable bonds is 10. The summed E-state index contributed by atoms with van der Waals surface area (Å²) in [7, 11) is -6.69. The predicted octanol–water partition coefficient (Wildman–Crippen LogP) is 7.39. The van der Waals surface area contributed by atoms with E-state index < -0.39 is 37.3 Å². The minimum atomic E-state index is -2.32. The van der Waals surface area contributed by atoms with Crippen LogP contribution in [0.5, 0.6) is 0 Å². The van der Waals surface area contributed by atoms with Gasteiger partial charge in [-0.05, 0) is 67.2 Å². The molecule has 10 nitrogen and oxygen atoms in total. The molecule has 2 aliphatic rings. The summed E-state index contributed by atoms with van der Waals surface area (Å²) in [5, 5.41) is 3.33. The highest BCUT2D eigenvalue weighted by molar-refractivity contribution is 6.75. The fourth-order valence-electron chi connectivity index (χ4n) is 4.48. The fourth-order valence-corrected chi connectivity index (χ4v) is 8.09. The lowest BCUT2D eigenvalue weighted by atomic mass is 10.1. The van der Waals surface area contributed by atoms with Crippen molar-refractivity contribution in [2.75, 3.05) is 11.9 Å². The summed E-state index contributed by atoms with van der Waals surface area (Å²) in [6.45, 7) is 34.3. The second-order valence-electron chi connectivity index (χ2n) is 17.5. The minimum Gasteiger partial charge on any atom is -0.414 e. The van der Waals surface area contributed by atoms with Crippen molar-refractivity contribution >= 4 is 42.1 Å². The second kappa shape index (κ2) is 11.7. The molecule has 1 saturated carbocycles. The van der Waals surface area contributed by atoms with Gasteiger partial charge < -0.3 is 23.3 Å². The van der Waals surface area contributed by atoms with Gasteiger partial charge in [-0.1, -0.05) is 62.3 Å². The van der Waals surface area contributed by atoms with Gasteiger partial charge in [-0.2, -0.15) is 4.98 Å². The van der Waals surface area contributed by atoms with E-state index in [0.717, 1.165) is 12.8 Å². The summed E-state index contributed by atoms with van der Waals surface area (Å²) in [4.78, 5) is 25.3. The number of hydrogen-bond acceptors (Lipinski definition) is 8. The van der Waals surface area contributed by atoms with Crippen LogP contribution in [0, 0.1) is 0 Å². The molecule has 13 heteroatoms. The van der Waals surface area contributed by atoms with E-state index in [1.54, 1.807) is 6.33 Å². The van der Waals surface area contributed by atoms with E-state index in [-0.39, 0.29) is 38.4 Å². The SMILES string of the molecule is CC(C)(C)[Si](C)(C)OC[C@H]1O[C@@H](n2cnc3c(=O)[nH]c(NC4CC4)nc32)[C@H](O[Si](C)(C)C(C)(C)C)[C@@H]1O[Si](C)(C)C(C)(C)C. The van der Waals surface area contributed by atoms with Crippen LogP contribution >= 0.6 is 0 Å². The largest absolute Gasteiger partial charge is 0.414 e. The molecule has 4 rings (SSSR count). The van der Waals surface area contributed by atoms with Crippen molar-refractivity contribution in [2.24, 2.45) is 0 Å². The van der Waals surface area contributed by atoms with Crippen molar-refractivity contribution < 1.29 is 18.0 Å². The van der Waals surface area contributed by atoms with Crippen LogP contribution in [-0.4, -0.2) is 75.4 Å². The molecule has 2 aromatic heterocycles. The Bertz CT molecular complexity index is 1380. The van der Waals surface area contributed by atoms with Crippen LogP contribution in [0.25, 0.3) is 11.2 Å². The highest BCUT2D eigenvalue weighted by atomic mass is 28.4. The van der Waals surface area contributed by atoms with Gasteiger partial charge >= 0.3 is 0 Å². The number of nitrogens with zero attached hydrogens (tertiary/aromatic N) is 3. The zero-order valence-electron chi connectivity index (χ0n) is 30.0. The molecule has 0 unspecified atom stereocenters. The van der Waals surface area contributed by atoms with E-state index in [4.69, 9.17) is 23.0 Å². The molecule has 0 bridgehead atoms. The van der Waals surface area contributed by atoms with Gasteiger partial charge in [0, 0.05) is 6.04 Å². The third-order valence-corrected chi connectivity index (χ3v) is 24.2. The maximum absolute atomic E-state index is 13.1. The number of aromatic nitrogens is 4. The Balaban J connectivity index is 1.84. The zero-order chi connectivity index (χ0) is 33.3. The molecule has 1 saturated heterocycles. The molecule has 1 aliphatic carbocycles. The van der Waals surface area contributed by atoms with Crippen LogP contribution in [0.4, 0.5) is 5.95 Å². The van der Waals surface area contributed by atoms with Crippen molar-refractivity contribution in [3.63, 3.8) is 0 Å². The number of aromatic amines is 1. The maximum Gasteiger partial charge on any atom is 0.280 e. The van der Waals surface area contributed by atoms with Gasteiger partial charge in [-0.3, -0.25) is 14.3 Å². The number of imidazole rings is 1. The molecule has 44 heavy (non-hydrogen) atoms. The Kier molecular flexibility index (Phi) is 9.45. The predicted molar refractivity (Wildman–Crippen MR) is 186 cm³/mol. The van der Waals surface area contributed by atoms with E-state index in [1.807, 2.05) is 4.57 Å². The van der Waals surface area contributed by atoms with Crippen molar-refractivity contribution in [3.8, 4) is 0 Å². The Hall–Kier alpha value is -1.36.